The molecule has 110 valence electrons. The van der Waals surface area contributed by atoms with Gasteiger partial charge < -0.3 is 4.90 Å². The Morgan fingerprint density at radius 2 is 1.80 bits per heavy atom. The van der Waals surface area contributed by atoms with Crippen molar-refractivity contribution < 1.29 is 4.79 Å². The van der Waals surface area contributed by atoms with E-state index in [1.807, 2.05) is 12.1 Å². The molecular weight excluding hydrogens is 270 g/mol. The molecule has 0 bridgehead atoms. The molecule has 1 fully saturated rings. The predicted octanol–water partition coefficient (Wildman–Crippen LogP) is 4.42. The Hall–Kier alpha value is -0.860. The lowest BCUT2D eigenvalue weighted by Crippen LogP contribution is -2.36. The Kier molecular flexibility index (Phi) is 5.62. The van der Waals surface area contributed by atoms with Crippen molar-refractivity contribution in [1.82, 2.24) is 4.90 Å². The molecule has 0 amide bonds. The van der Waals surface area contributed by atoms with Gasteiger partial charge in [-0.2, -0.15) is 0 Å². The van der Waals surface area contributed by atoms with Crippen LogP contribution in [0.4, 0.5) is 0 Å². The van der Waals surface area contributed by atoms with Crippen molar-refractivity contribution in [2.24, 2.45) is 5.92 Å². The third kappa shape index (κ3) is 4.32. The molecule has 20 heavy (non-hydrogen) atoms. The molecule has 0 N–H and O–H groups in total. The Balaban J connectivity index is 1.79. The van der Waals surface area contributed by atoms with E-state index in [-0.39, 0.29) is 5.78 Å². The highest BCUT2D eigenvalue weighted by Gasteiger charge is 2.21. The maximum Gasteiger partial charge on any atom is 0.164 e. The van der Waals surface area contributed by atoms with Crippen LogP contribution in [0.25, 0.3) is 0 Å². The van der Waals surface area contributed by atoms with Crippen molar-refractivity contribution in [2.45, 2.75) is 45.1 Å². The van der Waals surface area contributed by atoms with Gasteiger partial charge in [0.15, 0.2) is 5.78 Å². The fourth-order valence-electron chi connectivity index (χ4n) is 2.92. The quantitative estimate of drug-likeness (QED) is 0.749. The van der Waals surface area contributed by atoms with Gasteiger partial charge in [-0.05, 0) is 62.9 Å². The first-order valence-electron chi connectivity index (χ1n) is 7.55. The van der Waals surface area contributed by atoms with E-state index in [2.05, 4.69) is 18.9 Å². The average molecular weight is 294 g/mol. The van der Waals surface area contributed by atoms with Gasteiger partial charge in [0.25, 0.3) is 0 Å². The lowest BCUT2D eigenvalue weighted by atomic mass is 9.86. The van der Waals surface area contributed by atoms with Gasteiger partial charge >= 0.3 is 0 Å². The molecule has 2 nitrogen and oxygen atoms in total. The smallest absolute Gasteiger partial charge is 0.164 e. The van der Waals surface area contributed by atoms with Crippen molar-refractivity contribution in [1.29, 1.82) is 0 Å². The summed E-state index contributed by atoms with van der Waals surface area (Å²) in [6.07, 6.45) is 5.77. The topological polar surface area (TPSA) is 20.3 Å². The minimum Gasteiger partial charge on any atom is -0.303 e. The van der Waals surface area contributed by atoms with Gasteiger partial charge in [-0.15, -0.1) is 0 Å². The highest BCUT2D eigenvalue weighted by Crippen LogP contribution is 2.26. The van der Waals surface area contributed by atoms with Gasteiger partial charge in [0.1, 0.15) is 0 Å². The maximum atomic E-state index is 12.1. The first-order valence-corrected chi connectivity index (χ1v) is 7.93. The summed E-state index contributed by atoms with van der Waals surface area (Å²) in [6.45, 7) is 3.18. The summed E-state index contributed by atoms with van der Waals surface area (Å²) in [4.78, 5) is 14.5. The molecule has 0 heterocycles. The Morgan fingerprint density at radius 1 is 1.20 bits per heavy atom. The van der Waals surface area contributed by atoms with E-state index in [1.165, 1.54) is 25.7 Å². The van der Waals surface area contributed by atoms with E-state index < -0.39 is 0 Å². The molecular formula is C17H24ClNO. The predicted molar refractivity (Wildman–Crippen MR) is 84.4 cm³/mol. The number of hydrogen-bond donors (Lipinski definition) is 0. The number of carbonyl (C=O) groups excluding carboxylic acids is 1. The van der Waals surface area contributed by atoms with Gasteiger partial charge in [0.2, 0.25) is 0 Å². The third-order valence-electron chi connectivity index (χ3n) is 4.47. The Morgan fingerprint density at radius 3 is 2.40 bits per heavy atom. The molecule has 0 atom stereocenters. The SMILES string of the molecule is CC1CCC(N(C)CCC(=O)c2ccc(Cl)cc2)CC1. The fourth-order valence-corrected chi connectivity index (χ4v) is 3.05. The van der Waals surface area contributed by atoms with Gasteiger partial charge in [0, 0.05) is 29.6 Å². The molecule has 0 radical (unpaired) electrons. The van der Waals surface area contributed by atoms with Crippen molar-refractivity contribution >= 4 is 17.4 Å². The van der Waals surface area contributed by atoms with E-state index in [4.69, 9.17) is 11.6 Å². The van der Waals surface area contributed by atoms with Gasteiger partial charge in [0.05, 0.1) is 0 Å². The number of carbonyl (C=O) groups is 1. The molecule has 1 aromatic rings. The minimum absolute atomic E-state index is 0.206. The summed E-state index contributed by atoms with van der Waals surface area (Å²) in [5.41, 5.74) is 0.764. The van der Waals surface area contributed by atoms with Crippen LogP contribution in [0.15, 0.2) is 24.3 Å². The normalized spacial score (nSPS) is 23.0. The fraction of sp³-hybridized carbons (Fsp3) is 0.588. The van der Waals surface area contributed by atoms with Crippen LogP contribution in [-0.4, -0.2) is 30.3 Å². The van der Waals surface area contributed by atoms with E-state index in [9.17, 15) is 4.79 Å². The van der Waals surface area contributed by atoms with Gasteiger partial charge in [-0.25, -0.2) is 0 Å². The molecule has 3 heteroatoms. The van der Waals surface area contributed by atoms with Crippen LogP contribution in [-0.2, 0) is 0 Å². The second-order valence-corrected chi connectivity index (χ2v) is 6.51. The van der Waals surface area contributed by atoms with Crippen LogP contribution in [0.2, 0.25) is 5.02 Å². The molecule has 0 spiro atoms. The highest BCUT2D eigenvalue weighted by atomic mass is 35.5. The van der Waals surface area contributed by atoms with E-state index in [1.54, 1.807) is 12.1 Å². The molecule has 2 rings (SSSR count). The summed E-state index contributed by atoms with van der Waals surface area (Å²) in [7, 11) is 2.15. The molecule has 0 saturated heterocycles. The van der Waals surface area contributed by atoms with Crippen LogP contribution >= 0.6 is 11.6 Å². The van der Waals surface area contributed by atoms with Crippen LogP contribution in [0, 0.1) is 5.92 Å². The minimum atomic E-state index is 0.206. The average Bonchev–Trinajstić information content (AvgIpc) is 2.46. The molecule has 1 aliphatic carbocycles. The van der Waals surface area contributed by atoms with Crippen molar-refractivity contribution in [2.75, 3.05) is 13.6 Å². The highest BCUT2D eigenvalue weighted by molar-refractivity contribution is 6.30. The zero-order chi connectivity index (χ0) is 14.5. The van der Waals surface area contributed by atoms with Crippen LogP contribution in [0.3, 0.4) is 0 Å². The summed E-state index contributed by atoms with van der Waals surface area (Å²) in [6, 6.07) is 7.84. The second-order valence-electron chi connectivity index (χ2n) is 6.07. The second kappa shape index (κ2) is 7.24. The van der Waals surface area contributed by atoms with E-state index >= 15 is 0 Å². The molecule has 1 aliphatic rings. The standard InChI is InChI=1S/C17H24ClNO/c1-13-3-9-16(10-4-13)19(2)12-11-17(20)14-5-7-15(18)8-6-14/h5-8,13,16H,3-4,9-12H2,1-2H3. The van der Waals surface area contributed by atoms with E-state index in [0.29, 0.717) is 17.5 Å². The van der Waals surface area contributed by atoms with Crippen LogP contribution in [0.1, 0.15) is 49.4 Å². The third-order valence-corrected chi connectivity index (χ3v) is 4.72. The first-order chi connectivity index (χ1) is 9.56. The largest absolute Gasteiger partial charge is 0.303 e. The molecule has 0 unspecified atom stereocenters. The van der Waals surface area contributed by atoms with E-state index in [0.717, 1.165) is 18.0 Å². The molecule has 1 saturated carbocycles. The van der Waals surface area contributed by atoms with Gasteiger partial charge in [-0.3, -0.25) is 4.79 Å². The number of ketones is 1. The summed E-state index contributed by atoms with van der Waals surface area (Å²) in [5, 5.41) is 0.676. The van der Waals surface area contributed by atoms with Crippen LogP contribution < -0.4 is 0 Å². The number of rotatable bonds is 5. The van der Waals surface area contributed by atoms with Gasteiger partial charge in [-0.1, -0.05) is 18.5 Å². The Labute approximate surface area is 127 Å². The lowest BCUT2D eigenvalue weighted by Gasteiger charge is -2.33. The molecule has 1 aromatic carbocycles. The number of hydrogen-bond acceptors (Lipinski definition) is 2. The molecule has 0 aliphatic heterocycles. The summed E-state index contributed by atoms with van der Waals surface area (Å²) >= 11 is 5.84. The van der Waals surface area contributed by atoms with Crippen molar-refractivity contribution in [3.8, 4) is 0 Å². The number of benzene rings is 1. The zero-order valence-corrected chi connectivity index (χ0v) is 13.2. The van der Waals surface area contributed by atoms with Crippen LogP contribution in [0.5, 0.6) is 0 Å². The molecule has 0 aromatic heterocycles. The maximum absolute atomic E-state index is 12.1. The number of nitrogens with zero attached hydrogens (tertiary/aromatic N) is 1. The summed E-state index contributed by atoms with van der Waals surface area (Å²) in [5.74, 6) is 1.08. The Bertz CT molecular complexity index is 435. The van der Waals surface area contributed by atoms with Crippen molar-refractivity contribution in [3.63, 3.8) is 0 Å². The zero-order valence-electron chi connectivity index (χ0n) is 12.4. The van der Waals surface area contributed by atoms with Crippen molar-refractivity contribution in [3.05, 3.63) is 34.9 Å². The first kappa shape index (κ1) is 15.5. The monoisotopic (exact) mass is 293 g/mol. The number of halogens is 1. The number of Topliss-reactive ketones (excluding diaryl/α,β-unsaturated/α-hetero) is 1. The summed E-state index contributed by atoms with van der Waals surface area (Å²) < 4.78 is 0. The lowest BCUT2D eigenvalue weighted by molar-refractivity contribution is 0.0947.